The van der Waals surface area contributed by atoms with Gasteiger partial charge in [-0.3, -0.25) is 10.1 Å². The van der Waals surface area contributed by atoms with Crippen molar-refractivity contribution in [2.45, 2.75) is 6.92 Å². The second-order valence-corrected chi connectivity index (χ2v) is 8.48. The number of nitrogens with one attached hydrogen (secondary N) is 2. The second-order valence-electron chi connectivity index (χ2n) is 7.04. The Morgan fingerprint density at radius 1 is 1.00 bits per heavy atom. The summed E-state index contributed by atoms with van der Waals surface area (Å²) in [7, 11) is 0.837. The highest BCUT2D eigenvalue weighted by Gasteiger charge is 2.30. The highest BCUT2D eigenvalue weighted by Crippen LogP contribution is 2.34. The zero-order valence-electron chi connectivity index (χ0n) is 17.6. The van der Waals surface area contributed by atoms with Gasteiger partial charge in [-0.2, -0.15) is 8.78 Å². The summed E-state index contributed by atoms with van der Waals surface area (Å²) in [5.74, 6) is -10.2. The topological polar surface area (TPSA) is 63.2 Å². The van der Waals surface area contributed by atoms with E-state index in [1.165, 1.54) is 11.3 Å². The number of thiocarbonyl (C=S) groups is 1. The van der Waals surface area contributed by atoms with Gasteiger partial charge in [-0.05, 0) is 42.9 Å². The van der Waals surface area contributed by atoms with Crippen LogP contribution in [0, 0.1) is 30.2 Å². The molecule has 0 spiro atoms. The van der Waals surface area contributed by atoms with Crippen LogP contribution < -0.4 is 15.4 Å². The number of rotatable bonds is 4. The Kier molecular flexibility index (Phi) is 6.49. The van der Waals surface area contributed by atoms with Gasteiger partial charge < -0.3 is 10.1 Å². The van der Waals surface area contributed by atoms with Crippen molar-refractivity contribution in [3.8, 4) is 16.3 Å². The number of amides is 1. The van der Waals surface area contributed by atoms with Crippen LogP contribution in [0.3, 0.4) is 0 Å². The van der Waals surface area contributed by atoms with Crippen LogP contribution in [0.4, 0.5) is 23.2 Å². The average molecular weight is 506 g/mol. The number of fused-ring (bicyclic) bond motifs is 1. The summed E-state index contributed by atoms with van der Waals surface area (Å²) < 4.78 is 61.6. The Balaban J connectivity index is 1.57. The maximum atomic E-state index is 14.2. The number of para-hydroxylation sites is 1. The van der Waals surface area contributed by atoms with Gasteiger partial charge in [0.05, 0.1) is 17.3 Å². The standard InChI is InChI=1S/C23H15F4N3O2S2/c1-10-11(22-28-13-7-3-4-9-14(13)34-22)6-5-8-12(10)29-23(33)30-21(31)15-16(24)18(26)20(32-2)19(27)17(15)25/h3-9H,1-2H3,(H2,29,30,31,33). The predicted molar refractivity (Wildman–Crippen MR) is 126 cm³/mol. The van der Waals surface area contributed by atoms with Gasteiger partial charge in [-0.15, -0.1) is 11.3 Å². The number of halogens is 4. The summed E-state index contributed by atoms with van der Waals surface area (Å²) in [5.41, 5.74) is 1.45. The van der Waals surface area contributed by atoms with Crippen LogP contribution in [0.25, 0.3) is 20.8 Å². The van der Waals surface area contributed by atoms with E-state index in [9.17, 15) is 22.4 Å². The molecule has 0 aliphatic carbocycles. The molecule has 1 heterocycles. The molecule has 0 radical (unpaired) electrons. The molecule has 0 bridgehead atoms. The Morgan fingerprint density at radius 2 is 1.68 bits per heavy atom. The quantitative estimate of drug-likeness (QED) is 0.204. The van der Waals surface area contributed by atoms with E-state index in [-0.39, 0.29) is 5.11 Å². The van der Waals surface area contributed by atoms with Gasteiger partial charge in [-0.25, -0.2) is 13.8 Å². The Bertz CT molecular complexity index is 1390. The molecule has 0 unspecified atom stereocenters. The van der Waals surface area contributed by atoms with E-state index in [0.717, 1.165) is 33.5 Å². The van der Waals surface area contributed by atoms with Crippen LogP contribution in [0.15, 0.2) is 42.5 Å². The summed E-state index contributed by atoms with van der Waals surface area (Å²) in [4.78, 5) is 17.0. The van der Waals surface area contributed by atoms with Crippen LogP contribution >= 0.6 is 23.6 Å². The van der Waals surface area contributed by atoms with Crippen molar-refractivity contribution in [1.29, 1.82) is 0 Å². The molecule has 1 aromatic heterocycles. The Labute approximate surface area is 200 Å². The molecule has 0 saturated heterocycles. The Hall–Kier alpha value is -3.57. The highest BCUT2D eigenvalue weighted by molar-refractivity contribution is 7.80. The minimum Gasteiger partial charge on any atom is -0.491 e. The van der Waals surface area contributed by atoms with Gasteiger partial charge in [0.1, 0.15) is 10.6 Å². The SMILES string of the molecule is COc1c(F)c(F)c(C(=O)NC(=S)Nc2cccc(-c3nc4ccccc4s3)c2C)c(F)c1F. The fourth-order valence-corrected chi connectivity index (χ4v) is 4.55. The molecule has 4 aromatic rings. The summed E-state index contributed by atoms with van der Waals surface area (Å²) in [5, 5.41) is 5.25. The van der Waals surface area contributed by atoms with E-state index < -0.39 is 40.5 Å². The lowest BCUT2D eigenvalue weighted by Gasteiger charge is -2.15. The van der Waals surface area contributed by atoms with Crippen LogP contribution in [-0.2, 0) is 0 Å². The lowest BCUT2D eigenvalue weighted by molar-refractivity contribution is 0.0966. The normalized spacial score (nSPS) is 10.9. The molecule has 174 valence electrons. The van der Waals surface area contributed by atoms with Crippen molar-refractivity contribution >= 4 is 50.5 Å². The van der Waals surface area contributed by atoms with Gasteiger partial charge in [0, 0.05) is 11.3 Å². The van der Waals surface area contributed by atoms with Gasteiger partial charge in [0.25, 0.3) is 5.91 Å². The lowest BCUT2D eigenvalue weighted by atomic mass is 10.1. The van der Waals surface area contributed by atoms with Crippen molar-refractivity contribution in [3.63, 3.8) is 0 Å². The molecule has 3 aromatic carbocycles. The molecule has 1 amide bonds. The highest BCUT2D eigenvalue weighted by atomic mass is 32.1. The number of hydrogen-bond donors (Lipinski definition) is 2. The first-order chi connectivity index (χ1) is 16.2. The van der Waals surface area contributed by atoms with Crippen molar-refractivity contribution in [2.24, 2.45) is 0 Å². The largest absolute Gasteiger partial charge is 0.491 e. The summed E-state index contributed by atoms with van der Waals surface area (Å²) in [6, 6.07) is 13.0. The molecule has 2 N–H and O–H groups in total. The monoisotopic (exact) mass is 505 g/mol. The van der Waals surface area contributed by atoms with Crippen LogP contribution in [-0.4, -0.2) is 23.1 Å². The van der Waals surface area contributed by atoms with Crippen molar-refractivity contribution in [1.82, 2.24) is 10.3 Å². The van der Waals surface area contributed by atoms with Crippen molar-refractivity contribution in [3.05, 3.63) is 76.9 Å². The minimum atomic E-state index is -1.90. The zero-order chi connectivity index (χ0) is 24.6. The number of ether oxygens (including phenoxy) is 1. The average Bonchev–Trinajstić information content (AvgIpc) is 3.23. The van der Waals surface area contributed by atoms with Crippen molar-refractivity contribution in [2.75, 3.05) is 12.4 Å². The molecule has 5 nitrogen and oxygen atoms in total. The van der Waals surface area contributed by atoms with E-state index >= 15 is 0 Å². The third-order valence-corrected chi connectivity index (χ3v) is 6.26. The van der Waals surface area contributed by atoms with Gasteiger partial charge in [-0.1, -0.05) is 24.3 Å². The molecular weight excluding hydrogens is 490 g/mol. The van der Waals surface area contributed by atoms with E-state index in [1.807, 2.05) is 42.6 Å². The van der Waals surface area contributed by atoms with Crippen LogP contribution in [0.2, 0.25) is 0 Å². The van der Waals surface area contributed by atoms with Gasteiger partial charge >= 0.3 is 0 Å². The van der Waals surface area contributed by atoms with Crippen molar-refractivity contribution < 1.29 is 27.1 Å². The predicted octanol–water partition coefficient (Wildman–Crippen LogP) is 5.96. The number of anilines is 1. The first-order valence-corrected chi connectivity index (χ1v) is 10.9. The number of carbonyl (C=O) groups excluding carboxylic acids is 1. The number of hydrogen-bond acceptors (Lipinski definition) is 5. The van der Waals surface area contributed by atoms with E-state index in [4.69, 9.17) is 12.2 Å². The third kappa shape index (κ3) is 4.19. The fraction of sp³-hybridized carbons (Fsp3) is 0.0870. The van der Waals surface area contributed by atoms with E-state index in [2.05, 4.69) is 15.0 Å². The summed E-state index contributed by atoms with van der Waals surface area (Å²) in [6.07, 6.45) is 0. The molecule has 0 atom stereocenters. The van der Waals surface area contributed by atoms with Crippen LogP contribution in [0.1, 0.15) is 15.9 Å². The fourth-order valence-electron chi connectivity index (χ4n) is 3.30. The molecule has 11 heteroatoms. The molecule has 4 rings (SSSR count). The van der Waals surface area contributed by atoms with E-state index in [0.29, 0.717) is 5.69 Å². The molecule has 0 fully saturated rings. The maximum absolute atomic E-state index is 14.2. The first-order valence-electron chi connectivity index (χ1n) is 9.70. The first kappa shape index (κ1) is 23.6. The molecule has 0 saturated carbocycles. The number of aromatic nitrogens is 1. The lowest BCUT2D eigenvalue weighted by Crippen LogP contribution is -2.35. The van der Waals surface area contributed by atoms with Crippen LogP contribution in [0.5, 0.6) is 5.75 Å². The summed E-state index contributed by atoms with van der Waals surface area (Å²) >= 11 is 6.57. The van der Waals surface area contributed by atoms with E-state index in [1.54, 1.807) is 12.1 Å². The molecular formula is C23H15F4N3O2S2. The zero-order valence-corrected chi connectivity index (χ0v) is 19.3. The van der Waals surface area contributed by atoms with Gasteiger partial charge in [0.15, 0.2) is 22.5 Å². The third-order valence-electron chi connectivity index (χ3n) is 4.99. The smallest absolute Gasteiger partial charge is 0.263 e. The minimum absolute atomic E-state index is 0.329. The number of thiazole rings is 1. The maximum Gasteiger partial charge on any atom is 0.263 e. The second kappa shape index (κ2) is 9.35. The Morgan fingerprint density at radius 3 is 2.32 bits per heavy atom. The number of methoxy groups -OCH3 is 1. The number of carbonyl (C=O) groups is 1. The molecule has 34 heavy (non-hydrogen) atoms. The molecule has 0 aliphatic heterocycles. The van der Waals surface area contributed by atoms with Gasteiger partial charge in [0.2, 0.25) is 11.6 Å². The number of benzene rings is 3. The molecule has 0 aliphatic rings. The summed E-state index contributed by atoms with van der Waals surface area (Å²) in [6.45, 7) is 1.81. The number of nitrogens with zero attached hydrogens (tertiary/aromatic N) is 1.